The molecular weight excluding hydrogens is 432 g/mol. The highest BCUT2D eigenvalue weighted by Crippen LogP contribution is 2.32. The van der Waals surface area contributed by atoms with Crippen molar-refractivity contribution in [2.75, 3.05) is 4.90 Å². The summed E-state index contributed by atoms with van der Waals surface area (Å²) in [5.74, 6) is -0.594. The van der Waals surface area contributed by atoms with Gasteiger partial charge in [0.1, 0.15) is 6.61 Å². The molecule has 3 aromatic rings. The van der Waals surface area contributed by atoms with Crippen LogP contribution in [0.15, 0.2) is 50.9 Å². The minimum Gasteiger partial charge on any atom is -0.453 e. The maximum absolute atomic E-state index is 12.3. The van der Waals surface area contributed by atoms with E-state index in [-0.39, 0.29) is 18.3 Å². The fraction of sp³-hybridized carbons (Fsp3) is 0.211. The second kappa shape index (κ2) is 8.49. The van der Waals surface area contributed by atoms with E-state index in [1.807, 2.05) is 31.2 Å². The normalized spacial score (nSPS) is 10.6. The van der Waals surface area contributed by atoms with Gasteiger partial charge < -0.3 is 9.15 Å². The van der Waals surface area contributed by atoms with Gasteiger partial charge in [-0.15, -0.1) is 11.3 Å². The molecule has 0 atom stereocenters. The predicted octanol–water partition coefficient (Wildman–Crippen LogP) is 5.10. The van der Waals surface area contributed by atoms with E-state index in [1.165, 1.54) is 24.3 Å². The summed E-state index contributed by atoms with van der Waals surface area (Å²) in [6.45, 7) is 3.54. The zero-order chi connectivity index (χ0) is 19.4. The third-order valence-corrected chi connectivity index (χ3v) is 5.09. The maximum Gasteiger partial charge on any atom is 0.374 e. The molecule has 0 unspecified atom stereocenters. The van der Waals surface area contributed by atoms with Crippen LogP contribution in [-0.4, -0.2) is 16.9 Å². The Balaban J connectivity index is 1.76. The number of halogens is 1. The molecule has 0 aliphatic rings. The van der Waals surface area contributed by atoms with Gasteiger partial charge in [0.2, 0.25) is 11.7 Å². The minimum absolute atomic E-state index is 0.00514. The number of hydrogen-bond donors (Lipinski definition) is 0. The number of aryl methyl sites for hydroxylation is 1. The Morgan fingerprint density at radius 3 is 2.70 bits per heavy atom. The van der Waals surface area contributed by atoms with Crippen LogP contribution in [-0.2, 0) is 22.6 Å². The summed E-state index contributed by atoms with van der Waals surface area (Å²) in [6.07, 6.45) is 0.800. The molecule has 0 spiro atoms. The summed E-state index contributed by atoms with van der Waals surface area (Å²) < 4.78 is 10.8. The SMILES string of the molecule is CCc1ccccc1N(C(C)=O)c1nc(COC(=O)c2ccc(Br)o2)cs1. The molecule has 0 saturated carbocycles. The highest BCUT2D eigenvalue weighted by Gasteiger charge is 2.20. The van der Waals surface area contributed by atoms with E-state index in [0.29, 0.717) is 15.5 Å². The molecule has 0 N–H and O–H groups in total. The first-order valence-electron chi connectivity index (χ1n) is 8.25. The van der Waals surface area contributed by atoms with Crippen LogP contribution in [0.25, 0.3) is 0 Å². The molecular formula is C19H17BrN2O4S. The van der Waals surface area contributed by atoms with Crippen molar-refractivity contribution in [3.63, 3.8) is 0 Å². The summed E-state index contributed by atoms with van der Waals surface area (Å²) in [4.78, 5) is 30.3. The van der Waals surface area contributed by atoms with Gasteiger partial charge in [-0.3, -0.25) is 9.69 Å². The molecule has 140 valence electrons. The number of furan rings is 1. The number of para-hydroxylation sites is 1. The Hall–Kier alpha value is -2.45. The molecule has 0 aliphatic carbocycles. The molecule has 6 nitrogen and oxygen atoms in total. The number of hydrogen-bond acceptors (Lipinski definition) is 6. The van der Waals surface area contributed by atoms with Gasteiger partial charge >= 0.3 is 5.97 Å². The number of amides is 1. The van der Waals surface area contributed by atoms with Crippen LogP contribution in [0, 0.1) is 0 Å². The number of thiazole rings is 1. The Bertz CT molecular complexity index is 966. The minimum atomic E-state index is -0.574. The number of carbonyl (C=O) groups is 2. The monoisotopic (exact) mass is 448 g/mol. The molecule has 2 heterocycles. The number of rotatable bonds is 6. The first-order chi connectivity index (χ1) is 13.0. The third-order valence-electron chi connectivity index (χ3n) is 3.78. The van der Waals surface area contributed by atoms with E-state index >= 15 is 0 Å². The summed E-state index contributed by atoms with van der Waals surface area (Å²) in [6, 6.07) is 10.9. The standard InChI is InChI=1S/C19H17BrN2O4S/c1-3-13-6-4-5-7-15(13)22(12(2)23)19-21-14(11-27-19)10-25-18(24)16-8-9-17(20)26-16/h4-9,11H,3,10H2,1-2H3. The quantitative estimate of drug-likeness (QED) is 0.490. The molecule has 0 saturated heterocycles. The van der Waals surface area contributed by atoms with Gasteiger partial charge in [0.25, 0.3) is 0 Å². The van der Waals surface area contributed by atoms with Crippen molar-refractivity contribution in [1.82, 2.24) is 4.98 Å². The zero-order valence-corrected chi connectivity index (χ0v) is 17.2. The molecule has 27 heavy (non-hydrogen) atoms. The molecule has 2 aromatic heterocycles. The van der Waals surface area contributed by atoms with Crippen LogP contribution in [0.3, 0.4) is 0 Å². The molecule has 0 fully saturated rings. The van der Waals surface area contributed by atoms with Crippen molar-refractivity contribution in [1.29, 1.82) is 0 Å². The summed E-state index contributed by atoms with van der Waals surface area (Å²) in [5, 5.41) is 2.31. The maximum atomic E-state index is 12.3. The lowest BCUT2D eigenvalue weighted by Crippen LogP contribution is -2.23. The molecule has 1 amide bonds. The Kier molecular flexibility index (Phi) is 6.08. The fourth-order valence-corrected chi connectivity index (χ4v) is 3.71. The van der Waals surface area contributed by atoms with Crippen LogP contribution in [0.2, 0.25) is 0 Å². The number of ether oxygens (including phenoxy) is 1. The number of nitrogens with zero attached hydrogens (tertiary/aromatic N) is 2. The molecule has 1 aromatic carbocycles. The zero-order valence-electron chi connectivity index (χ0n) is 14.8. The molecule has 8 heteroatoms. The lowest BCUT2D eigenvalue weighted by atomic mass is 10.1. The van der Waals surface area contributed by atoms with Gasteiger partial charge in [0.05, 0.1) is 11.4 Å². The number of anilines is 2. The number of aromatic nitrogens is 1. The van der Waals surface area contributed by atoms with Crippen molar-refractivity contribution < 1.29 is 18.7 Å². The summed E-state index contributed by atoms with van der Waals surface area (Å²) >= 11 is 4.46. The largest absolute Gasteiger partial charge is 0.453 e. The van der Waals surface area contributed by atoms with E-state index in [4.69, 9.17) is 9.15 Å². The predicted molar refractivity (Wildman–Crippen MR) is 106 cm³/mol. The van der Waals surface area contributed by atoms with Crippen molar-refractivity contribution in [2.24, 2.45) is 0 Å². The van der Waals surface area contributed by atoms with E-state index in [2.05, 4.69) is 20.9 Å². The van der Waals surface area contributed by atoms with Gasteiger partial charge in [-0.2, -0.15) is 0 Å². The fourth-order valence-electron chi connectivity index (χ4n) is 2.54. The summed E-state index contributed by atoms with van der Waals surface area (Å²) in [7, 11) is 0. The highest BCUT2D eigenvalue weighted by molar-refractivity contribution is 9.10. The third kappa shape index (κ3) is 4.45. The van der Waals surface area contributed by atoms with Gasteiger partial charge in [-0.05, 0) is 46.1 Å². The molecule has 0 bridgehead atoms. The lowest BCUT2D eigenvalue weighted by molar-refractivity contribution is -0.115. The van der Waals surface area contributed by atoms with Crippen LogP contribution in [0.1, 0.15) is 35.7 Å². The Labute approximate surface area is 168 Å². The van der Waals surface area contributed by atoms with Crippen LogP contribution in [0.5, 0.6) is 0 Å². The van der Waals surface area contributed by atoms with E-state index in [0.717, 1.165) is 17.7 Å². The highest BCUT2D eigenvalue weighted by atomic mass is 79.9. The second-order valence-electron chi connectivity index (χ2n) is 5.64. The van der Waals surface area contributed by atoms with Crippen LogP contribution in [0.4, 0.5) is 10.8 Å². The van der Waals surface area contributed by atoms with Gasteiger partial charge in [-0.25, -0.2) is 9.78 Å². The first-order valence-corrected chi connectivity index (χ1v) is 9.92. The van der Waals surface area contributed by atoms with E-state index in [1.54, 1.807) is 16.3 Å². The van der Waals surface area contributed by atoms with Crippen LogP contribution < -0.4 is 4.90 Å². The molecule has 3 rings (SSSR count). The second-order valence-corrected chi connectivity index (χ2v) is 7.26. The Morgan fingerprint density at radius 1 is 1.26 bits per heavy atom. The van der Waals surface area contributed by atoms with Gasteiger partial charge in [-0.1, -0.05) is 25.1 Å². The average Bonchev–Trinajstić information content (AvgIpc) is 3.29. The van der Waals surface area contributed by atoms with Gasteiger partial charge in [0.15, 0.2) is 9.80 Å². The van der Waals surface area contributed by atoms with Crippen molar-refractivity contribution in [2.45, 2.75) is 26.9 Å². The van der Waals surface area contributed by atoms with Crippen molar-refractivity contribution >= 4 is 50.0 Å². The Morgan fingerprint density at radius 2 is 2.04 bits per heavy atom. The number of benzene rings is 1. The van der Waals surface area contributed by atoms with Crippen molar-refractivity contribution in [3.05, 3.63) is 63.5 Å². The van der Waals surface area contributed by atoms with Crippen LogP contribution >= 0.6 is 27.3 Å². The average molecular weight is 449 g/mol. The number of esters is 1. The van der Waals surface area contributed by atoms with Gasteiger partial charge in [0, 0.05) is 12.3 Å². The smallest absolute Gasteiger partial charge is 0.374 e. The van der Waals surface area contributed by atoms with E-state index in [9.17, 15) is 9.59 Å². The lowest BCUT2D eigenvalue weighted by Gasteiger charge is -2.20. The molecule has 0 radical (unpaired) electrons. The van der Waals surface area contributed by atoms with E-state index < -0.39 is 5.97 Å². The van der Waals surface area contributed by atoms with Crippen molar-refractivity contribution in [3.8, 4) is 0 Å². The molecule has 0 aliphatic heterocycles. The topological polar surface area (TPSA) is 72.6 Å². The summed E-state index contributed by atoms with van der Waals surface area (Å²) in [5.41, 5.74) is 2.43. The number of carbonyl (C=O) groups excluding carboxylic acids is 2. The first kappa shape index (κ1) is 19.3.